The Kier molecular flexibility index (Phi) is 6.67. The second-order valence-electron chi connectivity index (χ2n) is 4.00. The number of nitrogens with two attached hydrogens (primary N) is 1. The van der Waals surface area contributed by atoms with E-state index in [0.29, 0.717) is 6.54 Å². The third kappa shape index (κ3) is 4.75. The lowest BCUT2D eigenvalue weighted by molar-refractivity contribution is 0.146. The molecular formula is C14H24N2O. The number of hydrogen-bond acceptors (Lipinski definition) is 3. The Labute approximate surface area is 105 Å². The summed E-state index contributed by atoms with van der Waals surface area (Å²) in [6.07, 6.45) is 1.07. The highest BCUT2D eigenvalue weighted by Gasteiger charge is 2.03. The van der Waals surface area contributed by atoms with Gasteiger partial charge in [0.2, 0.25) is 0 Å². The molecule has 3 heteroatoms. The molecule has 17 heavy (non-hydrogen) atoms. The Morgan fingerprint density at radius 3 is 2.41 bits per heavy atom. The van der Waals surface area contributed by atoms with Crippen LogP contribution in [0, 0.1) is 0 Å². The Balaban J connectivity index is 2.47. The van der Waals surface area contributed by atoms with Crippen molar-refractivity contribution < 1.29 is 4.74 Å². The summed E-state index contributed by atoms with van der Waals surface area (Å²) in [7, 11) is 0. The van der Waals surface area contributed by atoms with Crippen LogP contribution in [-0.4, -0.2) is 26.3 Å². The summed E-state index contributed by atoms with van der Waals surface area (Å²) in [5.41, 5.74) is 8.04. The summed E-state index contributed by atoms with van der Waals surface area (Å²) < 4.78 is 5.36. The molecule has 0 spiro atoms. The maximum Gasteiger partial charge on any atom is 0.0482 e. The van der Waals surface area contributed by atoms with Gasteiger partial charge in [-0.2, -0.15) is 0 Å². The summed E-state index contributed by atoms with van der Waals surface area (Å²) in [6, 6.07) is 8.49. The first-order valence-electron chi connectivity index (χ1n) is 6.43. The lowest BCUT2D eigenvalue weighted by Gasteiger charge is -2.23. The molecule has 0 aliphatic rings. The molecule has 1 rings (SSSR count). The Bertz CT molecular complexity index is 298. The molecule has 0 unspecified atom stereocenters. The SMILES string of the molecule is CCOCCCN(CC)c1ccc(CN)cc1. The molecule has 0 aliphatic heterocycles. The van der Waals surface area contributed by atoms with Crippen molar-refractivity contribution in [2.45, 2.75) is 26.8 Å². The Hall–Kier alpha value is -1.06. The predicted octanol–water partition coefficient (Wildman–Crippen LogP) is 2.40. The first kappa shape index (κ1) is 14.0. The van der Waals surface area contributed by atoms with Gasteiger partial charge in [0.05, 0.1) is 0 Å². The van der Waals surface area contributed by atoms with E-state index >= 15 is 0 Å². The first-order valence-corrected chi connectivity index (χ1v) is 6.43. The average molecular weight is 236 g/mol. The molecule has 1 aromatic carbocycles. The van der Waals surface area contributed by atoms with E-state index in [0.717, 1.165) is 32.7 Å². The molecular weight excluding hydrogens is 212 g/mol. The summed E-state index contributed by atoms with van der Waals surface area (Å²) in [5, 5.41) is 0. The van der Waals surface area contributed by atoms with Gasteiger partial charge in [-0.15, -0.1) is 0 Å². The molecule has 0 saturated heterocycles. The van der Waals surface area contributed by atoms with E-state index in [9.17, 15) is 0 Å². The second kappa shape index (κ2) is 8.09. The molecule has 0 fully saturated rings. The van der Waals surface area contributed by atoms with Crippen molar-refractivity contribution in [1.82, 2.24) is 0 Å². The van der Waals surface area contributed by atoms with Crippen LogP contribution < -0.4 is 10.6 Å². The molecule has 0 radical (unpaired) electrons. The molecule has 0 bridgehead atoms. The van der Waals surface area contributed by atoms with Crippen molar-refractivity contribution in [2.75, 3.05) is 31.2 Å². The van der Waals surface area contributed by atoms with Crippen molar-refractivity contribution in [3.05, 3.63) is 29.8 Å². The smallest absolute Gasteiger partial charge is 0.0482 e. The van der Waals surface area contributed by atoms with Gasteiger partial charge in [0.25, 0.3) is 0 Å². The topological polar surface area (TPSA) is 38.5 Å². The van der Waals surface area contributed by atoms with Crippen LogP contribution in [0.5, 0.6) is 0 Å². The molecule has 0 aliphatic carbocycles. The van der Waals surface area contributed by atoms with Crippen molar-refractivity contribution >= 4 is 5.69 Å². The zero-order chi connectivity index (χ0) is 12.5. The standard InChI is InChI=1S/C14H24N2O/c1-3-16(10-5-11-17-4-2)14-8-6-13(12-15)7-9-14/h6-9H,3-5,10-12,15H2,1-2H3. The molecule has 96 valence electrons. The van der Waals surface area contributed by atoms with Gasteiger partial charge in [-0.05, 0) is 38.0 Å². The van der Waals surface area contributed by atoms with Crippen LogP contribution in [0.25, 0.3) is 0 Å². The van der Waals surface area contributed by atoms with Crippen molar-refractivity contribution in [2.24, 2.45) is 5.73 Å². The number of nitrogens with zero attached hydrogens (tertiary/aromatic N) is 1. The van der Waals surface area contributed by atoms with Gasteiger partial charge in [0, 0.05) is 38.5 Å². The number of rotatable bonds is 8. The van der Waals surface area contributed by atoms with Crippen LogP contribution in [0.4, 0.5) is 5.69 Å². The normalized spacial score (nSPS) is 10.5. The van der Waals surface area contributed by atoms with Crippen LogP contribution in [0.3, 0.4) is 0 Å². The van der Waals surface area contributed by atoms with Gasteiger partial charge in [0.15, 0.2) is 0 Å². The monoisotopic (exact) mass is 236 g/mol. The summed E-state index contributed by atoms with van der Waals surface area (Å²) in [6.45, 7) is 8.52. The first-order chi connectivity index (χ1) is 8.31. The fraction of sp³-hybridized carbons (Fsp3) is 0.571. The highest BCUT2D eigenvalue weighted by Crippen LogP contribution is 2.15. The zero-order valence-corrected chi connectivity index (χ0v) is 11.0. The Morgan fingerprint density at radius 2 is 1.88 bits per heavy atom. The molecule has 0 aromatic heterocycles. The summed E-state index contributed by atoms with van der Waals surface area (Å²) >= 11 is 0. The number of benzene rings is 1. The minimum atomic E-state index is 0.608. The van der Waals surface area contributed by atoms with E-state index in [1.54, 1.807) is 0 Å². The third-order valence-corrected chi connectivity index (χ3v) is 2.84. The molecule has 3 nitrogen and oxygen atoms in total. The fourth-order valence-corrected chi connectivity index (χ4v) is 1.81. The molecule has 0 heterocycles. The van der Waals surface area contributed by atoms with E-state index in [2.05, 4.69) is 36.1 Å². The van der Waals surface area contributed by atoms with Crippen LogP contribution in [-0.2, 0) is 11.3 Å². The lowest BCUT2D eigenvalue weighted by atomic mass is 10.2. The van der Waals surface area contributed by atoms with E-state index in [4.69, 9.17) is 10.5 Å². The quantitative estimate of drug-likeness (QED) is 0.704. The van der Waals surface area contributed by atoms with Crippen molar-refractivity contribution in [1.29, 1.82) is 0 Å². The van der Waals surface area contributed by atoms with Gasteiger partial charge >= 0.3 is 0 Å². The highest BCUT2D eigenvalue weighted by molar-refractivity contribution is 5.47. The van der Waals surface area contributed by atoms with Crippen LogP contribution in [0.1, 0.15) is 25.8 Å². The van der Waals surface area contributed by atoms with E-state index in [-0.39, 0.29) is 0 Å². The minimum absolute atomic E-state index is 0.608. The zero-order valence-electron chi connectivity index (χ0n) is 11.0. The average Bonchev–Trinajstić information content (AvgIpc) is 2.39. The van der Waals surface area contributed by atoms with Gasteiger partial charge < -0.3 is 15.4 Å². The number of ether oxygens (including phenoxy) is 1. The van der Waals surface area contributed by atoms with Crippen LogP contribution >= 0.6 is 0 Å². The van der Waals surface area contributed by atoms with E-state index in [1.165, 1.54) is 11.3 Å². The maximum atomic E-state index is 5.59. The van der Waals surface area contributed by atoms with E-state index < -0.39 is 0 Å². The minimum Gasteiger partial charge on any atom is -0.382 e. The summed E-state index contributed by atoms with van der Waals surface area (Å²) in [5.74, 6) is 0. The largest absolute Gasteiger partial charge is 0.382 e. The molecule has 0 amide bonds. The molecule has 2 N–H and O–H groups in total. The molecule has 1 aromatic rings. The number of hydrogen-bond donors (Lipinski definition) is 1. The Morgan fingerprint density at radius 1 is 1.18 bits per heavy atom. The third-order valence-electron chi connectivity index (χ3n) is 2.84. The van der Waals surface area contributed by atoms with Gasteiger partial charge in [-0.3, -0.25) is 0 Å². The lowest BCUT2D eigenvalue weighted by Crippen LogP contribution is -2.24. The van der Waals surface area contributed by atoms with Crippen molar-refractivity contribution in [3.63, 3.8) is 0 Å². The van der Waals surface area contributed by atoms with Crippen LogP contribution in [0.15, 0.2) is 24.3 Å². The fourth-order valence-electron chi connectivity index (χ4n) is 1.81. The number of anilines is 1. The van der Waals surface area contributed by atoms with E-state index in [1.807, 2.05) is 6.92 Å². The highest BCUT2D eigenvalue weighted by atomic mass is 16.5. The van der Waals surface area contributed by atoms with Gasteiger partial charge in [0.1, 0.15) is 0 Å². The second-order valence-corrected chi connectivity index (χ2v) is 4.00. The maximum absolute atomic E-state index is 5.59. The van der Waals surface area contributed by atoms with Gasteiger partial charge in [-0.25, -0.2) is 0 Å². The van der Waals surface area contributed by atoms with Crippen LogP contribution in [0.2, 0.25) is 0 Å². The van der Waals surface area contributed by atoms with Gasteiger partial charge in [-0.1, -0.05) is 12.1 Å². The molecule has 0 atom stereocenters. The molecule has 0 saturated carbocycles. The van der Waals surface area contributed by atoms with Crippen molar-refractivity contribution in [3.8, 4) is 0 Å². The summed E-state index contributed by atoms with van der Waals surface area (Å²) in [4.78, 5) is 2.36. The predicted molar refractivity (Wildman–Crippen MR) is 73.3 cm³/mol.